The number of rotatable bonds is 4. The first-order chi connectivity index (χ1) is 12.8. The third-order valence-corrected chi connectivity index (χ3v) is 3.82. The molecule has 1 aromatic carbocycles. The van der Waals surface area contributed by atoms with Gasteiger partial charge in [0.2, 0.25) is 0 Å². The van der Waals surface area contributed by atoms with E-state index < -0.39 is 45.1 Å². The maximum Gasteiger partial charge on any atom is 0.431 e. The lowest BCUT2D eigenvalue weighted by Crippen LogP contribution is -2.37. The number of anilines is 1. The first kappa shape index (κ1) is 21.6. The Balaban J connectivity index is 2.80. The van der Waals surface area contributed by atoms with Gasteiger partial charge >= 0.3 is 22.4 Å². The van der Waals surface area contributed by atoms with Crippen molar-refractivity contribution >= 4 is 27.8 Å². The third kappa shape index (κ3) is 4.40. The maximum atomic E-state index is 14.3. The van der Waals surface area contributed by atoms with E-state index in [0.717, 1.165) is 11.1 Å². The van der Waals surface area contributed by atoms with Crippen LogP contribution in [-0.4, -0.2) is 37.1 Å². The van der Waals surface area contributed by atoms with E-state index >= 15 is 0 Å². The van der Waals surface area contributed by atoms with Gasteiger partial charge in [-0.25, -0.2) is 18.8 Å². The number of alkyl halides is 3. The number of H-pyrrole nitrogens is 1. The Morgan fingerprint density at radius 1 is 1.18 bits per heavy atom. The number of nitrogens with one attached hydrogen (secondary N) is 1. The van der Waals surface area contributed by atoms with Crippen LogP contribution in [0, 0.1) is 5.82 Å². The molecule has 0 saturated carbocycles. The van der Waals surface area contributed by atoms with E-state index in [1.165, 1.54) is 19.1 Å². The second-order valence-electron chi connectivity index (χ2n) is 5.35. The van der Waals surface area contributed by atoms with Gasteiger partial charge in [-0.2, -0.15) is 26.7 Å². The standard InChI is InChI=1S/C13H10ClF4N5O4S/c1-21(2)23(20-28(26)27)8-4-9(7(15)3-6(8)14)22-11(24)5-10(13(16,17)18)19-12(22)25/h3-5H,1-2H3,(H,19,25). The minimum absolute atomic E-state index is 0.0793. The predicted molar refractivity (Wildman–Crippen MR) is 90.1 cm³/mol. The van der Waals surface area contributed by atoms with Crippen LogP contribution in [0.5, 0.6) is 0 Å². The molecule has 0 atom stereocenters. The second kappa shape index (κ2) is 7.73. The number of aromatic nitrogens is 2. The molecule has 0 unspecified atom stereocenters. The number of aromatic amines is 1. The van der Waals surface area contributed by atoms with Crippen molar-refractivity contribution in [2.24, 2.45) is 4.47 Å². The molecular weight excluding hydrogens is 434 g/mol. The number of hydrogen-bond acceptors (Lipinski definition) is 6. The van der Waals surface area contributed by atoms with Crippen molar-refractivity contribution in [3.63, 3.8) is 0 Å². The van der Waals surface area contributed by atoms with Gasteiger partial charge in [-0.15, -0.1) is 0 Å². The summed E-state index contributed by atoms with van der Waals surface area (Å²) in [6.45, 7) is 0. The molecule has 0 fully saturated rings. The summed E-state index contributed by atoms with van der Waals surface area (Å²) in [5.74, 6) is -1.22. The van der Waals surface area contributed by atoms with Gasteiger partial charge in [0.15, 0.2) is 0 Å². The first-order valence-electron chi connectivity index (χ1n) is 7.04. The highest BCUT2D eigenvalue weighted by Crippen LogP contribution is 2.31. The lowest BCUT2D eigenvalue weighted by molar-refractivity contribution is -0.141. The molecule has 0 bridgehead atoms. The zero-order valence-corrected chi connectivity index (χ0v) is 15.5. The Morgan fingerprint density at radius 2 is 1.79 bits per heavy atom. The maximum absolute atomic E-state index is 14.3. The molecule has 0 aliphatic heterocycles. The van der Waals surface area contributed by atoms with Crippen molar-refractivity contribution in [2.45, 2.75) is 6.18 Å². The summed E-state index contributed by atoms with van der Waals surface area (Å²) in [5, 5.41) is 1.48. The van der Waals surface area contributed by atoms with Crippen LogP contribution in [0.15, 0.2) is 32.3 Å². The monoisotopic (exact) mass is 443 g/mol. The number of hydrazine groups is 1. The summed E-state index contributed by atoms with van der Waals surface area (Å²) in [6, 6.07) is 1.52. The van der Waals surface area contributed by atoms with Crippen molar-refractivity contribution < 1.29 is 26.0 Å². The fourth-order valence-electron chi connectivity index (χ4n) is 2.12. The average Bonchev–Trinajstić information content (AvgIpc) is 2.52. The molecule has 2 aromatic rings. The molecule has 0 radical (unpaired) electrons. The molecular formula is C13H10ClF4N5O4S. The van der Waals surface area contributed by atoms with Crippen LogP contribution in [0.1, 0.15) is 5.69 Å². The highest BCUT2D eigenvalue weighted by Gasteiger charge is 2.33. The molecule has 28 heavy (non-hydrogen) atoms. The zero-order chi connectivity index (χ0) is 21.4. The van der Waals surface area contributed by atoms with Gasteiger partial charge in [-0.3, -0.25) is 4.79 Å². The molecule has 15 heteroatoms. The molecule has 1 aromatic heterocycles. The highest BCUT2D eigenvalue weighted by atomic mass is 35.5. The Labute approximate surface area is 160 Å². The highest BCUT2D eigenvalue weighted by molar-refractivity contribution is 7.61. The van der Waals surface area contributed by atoms with E-state index in [4.69, 9.17) is 11.6 Å². The van der Waals surface area contributed by atoms with E-state index in [9.17, 15) is 35.6 Å². The normalized spacial score (nSPS) is 11.6. The van der Waals surface area contributed by atoms with Crippen LogP contribution < -0.4 is 16.4 Å². The second-order valence-corrected chi connectivity index (χ2v) is 6.35. The molecule has 0 aliphatic carbocycles. The van der Waals surface area contributed by atoms with Gasteiger partial charge in [-0.05, 0) is 16.6 Å². The molecule has 0 saturated heterocycles. The Hall–Kier alpha value is -2.71. The minimum atomic E-state index is -5.00. The molecule has 1 heterocycles. The minimum Gasteiger partial charge on any atom is -0.303 e. The SMILES string of the molecule is CN(C)N(N=S(=O)=O)c1cc(-n2c(=O)cc(C(F)(F)F)[nH]c2=O)c(F)cc1Cl. The topological polar surface area (TPSA) is 108 Å². The Morgan fingerprint density at radius 3 is 2.25 bits per heavy atom. The molecule has 0 spiro atoms. The first-order valence-corrected chi connectivity index (χ1v) is 8.45. The van der Waals surface area contributed by atoms with E-state index in [0.29, 0.717) is 11.2 Å². The van der Waals surface area contributed by atoms with Crippen LogP contribution in [0.4, 0.5) is 23.2 Å². The summed E-state index contributed by atoms with van der Waals surface area (Å²) < 4.78 is 77.5. The van der Waals surface area contributed by atoms with Gasteiger partial charge in [0, 0.05) is 20.2 Å². The lowest BCUT2D eigenvalue weighted by atomic mass is 10.2. The summed E-state index contributed by atoms with van der Waals surface area (Å²) in [4.78, 5) is 25.5. The average molecular weight is 444 g/mol. The van der Waals surface area contributed by atoms with Crippen LogP contribution >= 0.6 is 11.6 Å². The van der Waals surface area contributed by atoms with Crippen molar-refractivity contribution in [2.75, 3.05) is 19.2 Å². The summed E-state index contributed by atoms with van der Waals surface area (Å²) in [5.41, 5.74) is -5.67. The van der Waals surface area contributed by atoms with Gasteiger partial charge in [0.05, 0.1) is 10.7 Å². The van der Waals surface area contributed by atoms with E-state index in [1.54, 1.807) is 0 Å². The van der Waals surface area contributed by atoms with Crippen molar-refractivity contribution in [1.29, 1.82) is 0 Å². The van der Waals surface area contributed by atoms with E-state index in [1.807, 2.05) is 0 Å². The van der Waals surface area contributed by atoms with Crippen LogP contribution in [-0.2, 0) is 16.7 Å². The zero-order valence-electron chi connectivity index (χ0n) is 14.0. The summed E-state index contributed by atoms with van der Waals surface area (Å²) >= 11 is 5.88. The van der Waals surface area contributed by atoms with Gasteiger partial charge < -0.3 is 4.98 Å². The quantitative estimate of drug-likeness (QED) is 0.568. The predicted octanol–water partition coefficient (Wildman–Crippen LogP) is 1.60. The third-order valence-electron chi connectivity index (χ3n) is 3.23. The fraction of sp³-hybridized carbons (Fsp3) is 0.231. The molecule has 152 valence electrons. The van der Waals surface area contributed by atoms with Gasteiger partial charge in [-0.1, -0.05) is 11.6 Å². The summed E-state index contributed by atoms with van der Waals surface area (Å²) in [6.07, 6.45) is -5.00. The molecule has 1 N–H and O–H groups in total. The molecule has 0 amide bonds. The number of halogens is 5. The molecule has 9 nitrogen and oxygen atoms in total. The van der Waals surface area contributed by atoms with Crippen molar-refractivity contribution in [3.8, 4) is 5.69 Å². The smallest absolute Gasteiger partial charge is 0.303 e. The van der Waals surface area contributed by atoms with Crippen LogP contribution in [0.2, 0.25) is 5.02 Å². The number of nitrogens with zero attached hydrogens (tertiary/aromatic N) is 4. The van der Waals surface area contributed by atoms with Crippen molar-refractivity contribution in [3.05, 3.63) is 55.6 Å². The van der Waals surface area contributed by atoms with E-state index in [2.05, 4.69) is 4.47 Å². The lowest BCUT2D eigenvalue weighted by Gasteiger charge is -2.25. The number of benzene rings is 1. The number of hydrogen-bond donors (Lipinski definition) is 1. The Bertz CT molecular complexity index is 1130. The Kier molecular flexibility index (Phi) is 5.96. The largest absolute Gasteiger partial charge is 0.431 e. The van der Waals surface area contributed by atoms with Crippen molar-refractivity contribution in [1.82, 2.24) is 14.6 Å². The fourth-order valence-corrected chi connectivity index (χ4v) is 2.71. The van der Waals surface area contributed by atoms with E-state index in [-0.39, 0.29) is 21.3 Å². The van der Waals surface area contributed by atoms with Gasteiger partial charge in [0.25, 0.3) is 5.56 Å². The molecule has 0 aliphatic rings. The van der Waals surface area contributed by atoms with Gasteiger partial charge in [0.1, 0.15) is 17.2 Å². The summed E-state index contributed by atoms with van der Waals surface area (Å²) in [7, 11) is -0.250. The van der Waals surface area contributed by atoms with Crippen LogP contribution in [0.3, 0.4) is 0 Å². The van der Waals surface area contributed by atoms with Crippen LogP contribution in [0.25, 0.3) is 5.69 Å². The molecule has 2 rings (SSSR count).